The lowest BCUT2D eigenvalue weighted by Gasteiger charge is -2.29. The monoisotopic (exact) mass is 483 g/mol. The Hall–Kier alpha value is -2.87. The topological polar surface area (TPSA) is 95.5 Å². The van der Waals surface area contributed by atoms with Gasteiger partial charge in [-0.2, -0.15) is 4.98 Å². The van der Waals surface area contributed by atoms with Crippen LogP contribution in [-0.4, -0.2) is 70.7 Å². The second kappa shape index (κ2) is 11.7. The molecule has 2 aliphatic rings. The SMILES string of the molecule is CC(C)c1noc(N2CCC(C[OH+]c3ccc(C4=CCC(C(=O)N(C)CCO)CC4)cc3)CC2)n1. The van der Waals surface area contributed by atoms with Crippen LogP contribution in [0.5, 0.6) is 5.75 Å². The van der Waals surface area contributed by atoms with Gasteiger partial charge in [0.05, 0.1) is 6.61 Å². The highest BCUT2D eigenvalue weighted by Gasteiger charge is 2.26. The maximum Gasteiger partial charge on any atom is 0.324 e. The van der Waals surface area contributed by atoms with Crippen molar-refractivity contribution in [1.29, 1.82) is 0 Å². The van der Waals surface area contributed by atoms with Gasteiger partial charge in [-0.1, -0.05) is 25.1 Å². The molecule has 1 fully saturated rings. The van der Waals surface area contributed by atoms with Crippen molar-refractivity contribution in [1.82, 2.24) is 15.0 Å². The first-order valence-electron chi connectivity index (χ1n) is 12.9. The minimum absolute atomic E-state index is 0.00594. The quantitative estimate of drug-likeness (QED) is 0.542. The maximum absolute atomic E-state index is 12.5. The summed E-state index contributed by atoms with van der Waals surface area (Å²) in [6.45, 7) is 7.22. The number of rotatable bonds is 9. The third-order valence-electron chi connectivity index (χ3n) is 7.17. The van der Waals surface area contributed by atoms with E-state index in [-0.39, 0.29) is 24.3 Å². The van der Waals surface area contributed by atoms with Gasteiger partial charge < -0.3 is 24.2 Å². The summed E-state index contributed by atoms with van der Waals surface area (Å²) in [7, 11) is 1.76. The predicted molar refractivity (Wildman–Crippen MR) is 136 cm³/mol. The Balaban J connectivity index is 1.22. The Morgan fingerprint density at radius 1 is 1.23 bits per heavy atom. The standard InChI is InChI=1S/C27H38N4O4/c1-19(2)25-28-27(35-29-25)31-14-12-20(13-15-31)18-34-24-10-8-22(9-11-24)21-4-6-23(7-5-21)26(33)30(3)16-17-32/h4,8-11,19-20,23,32H,5-7,12-18H2,1-3H3/p+1. The number of carbonyl (C=O) groups excluding carboxylic acids is 1. The van der Waals surface area contributed by atoms with E-state index in [1.54, 1.807) is 11.9 Å². The summed E-state index contributed by atoms with van der Waals surface area (Å²) in [6.07, 6.45) is 6.86. The molecular formula is C27H39N4O4+. The molecule has 8 heteroatoms. The van der Waals surface area contributed by atoms with Crippen LogP contribution in [0, 0.1) is 11.8 Å². The van der Waals surface area contributed by atoms with E-state index in [2.05, 4.69) is 59.2 Å². The predicted octanol–water partition coefficient (Wildman–Crippen LogP) is 3.99. The van der Waals surface area contributed by atoms with Gasteiger partial charge in [-0.15, -0.1) is 0 Å². The summed E-state index contributed by atoms with van der Waals surface area (Å²) in [6, 6.07) is 9.14. The molecule has 8 nitrogen and oxygen atoms in total. The fourth-order valence-electron chi connectivity index (χ4n) is 4.80. The van der Waals surface area contributed by atoms with Gasteiger partial charge in [0, 0.05) is 56.6 Å². The first kappa shape index (κ1) is 25.2. The fraction of sp³-hybridized carbons (Fsp3) is 0.593. The summed E-state index contributed by atoms with van der Waals surface area (Å²) in [5, 5.41) is 13.1. The van der Waals surface area contributed by atoms with E-state index in [1.807, 2.05) is 0 Å². The first-order valence-corrected chi connectivity index (χ1v) is 12.9. The van der Waals surface area contributed by atoms with Crippen molar-refractivity contribution in [2.45, 2.75) is 51.9 Å². The fourth-order valence-corrected chi connectivity index (χ4v) is 4.80. The lowest BCUT2D eigenvalue weighted by atomic mass is 9.86. The number of benzene rings is 1. The molecule has 4 rings (SSSR count). The third-order valence-corrected chi connectivity index (χ3v) is 7.17. The molecule has 2 N–H and O–H groups in total. The molecule has 35 heavy (non-hydrogen) atoms. The van der Waals surface area contributed by atoms with E-state index < -0.39 is 0 Å². The van der Waals surface area contributed by atoms with Crippen molar-refractivity contribution < 1.29 is 19.2 Å². The van der Waals surface area contributed by atoms with Gasteiger partial charge in [0.25, 0.3) is 5.75 Å². The average molecular weight is 484 g/mol. The Bertz CT molecular complexity index is 993. The normalized spacial score (nSPS) is 19.1. The smallest absolute Gasteiger partial charge is 0.324 e. The largest absolute Gasteiger partial charge is 0.582 e. The number of ether oxygens (including phenoxy) is 1. The van der Waals surface area contributed by atoms with Crippen molar-refractivity contribution >= 4 is 17.5 Å². The number of aromatic nitrogens is 2. The molecule has 0 saturated carbocycles. The molecule has 1 saturated heterocycles. The van der Waals surface area contributed by atoms with Crippen LogP contribution in [-0.2, 0) is 4.79 Å². The molecule has 0 radical (unpaired) electrons. The van der Waals surface area contributed by atoms with Crippen LogP contribution in [0.25, 0.3) is 5.57 Å². The minimum Gasteiger partial charge on any atom is -0.582 e. The van der Waals surface area contributed by atoms with Gasteiger partial charge in [0.2, 0.25) is 5.91 Å². The molecule has 0 spiro atoms. The number of carbonyl (C=O) groups is 1. The number of aliphatic hydroxyl groups is 2. The van der Waals surface area contributed by atoms with Crippen LogP contribution < -0.4 is 4.90 Å². The molecule has 2 aromatic rings. The average Bonchev–Trinajstić information content (AvgIpc) is 3.39. The molecule has 1 aliphatic heterocycles. The van der Waals surface area contributed by atoms with E-state index in [9.17, 15) is 4.79 Å². The molecule has 1 amide bonds. The van der Waals surface area contributed by atoms with Crippen LogP contribution in [0.4, 0.5) is 6.01 Å². The lowest BCUT2D eigenvalue weighted by molar-refractivity contribution is -0.134. The number of aliphatic hydroxyl groups excluding tert-OH is 1. The number of piperidine rings is 1. The number of allylic oxidation sites excluding steroid dienone is 2. The molecular weight excluding hydrogens is 444 g/mol. The zero-order valence-electron chi connectivity index (χ0n) is 21.2. The minimum atomic E-state index is 0.00594. The lowest BCUT2D eigenvalue weighted by Crippen LogP contribution is -2.35. The Morgan fingerprint density at radius 3 is 2.57 bits per heavy atom. The molecule has 1 unspecified atom stereocenters. The molecule has 1 aliphatic carbocycles. The molecule has 2 heterocycles. The first-order chi connectivity index (χ1) is 16.9. The van der Waals surface area contributed by atoms with Crippen molar-refractivity contribution in [3.8, 4) is 5.75 Å². The second-order valence-electron chi connectivity index (χ2n) is 10.1. The Labute approximate surface area is 207 Å². The highest BCUT2D eigenvalue weighted by atomic mass is 16.5. The summed E-state index contributed by atoms with van der Waals surface area (Å²) < 4.78 is 10.3. The Kier molecular flexibility index (Phi) is 8.44. The van der Waals surface area contributed by atoms with E-state index in [0.29, 0.717) is 18.5 Å². The van der Waals surface area contributed by atoms with Crippen molar-refractivity contribution in [3.05, 3.63) is 41.7 Å². The summed E-state index contributed by atoms with van der Waals surface area (Å²) in [5.74, 6) is 2.78. The Morgan fingerprint density at radius 2 is 1.97 bits per heavy atom. The number of amides is 1. The zero-order chi connectivity index (χ0) is 24.8. The summed E-state index contributed by atoms with van der Waals surface area (Å²) in [4.78, 5) is 20.8. The van der Waals surface area contributed by atoms with E-state index >= 15 is 0 Å². The summed E-state index contributed by atoms with van der Waals surface area (Å²) in [5.41, 5.74) is 2.52. The maximum atomic E-state index is 12.5. The van der Waals surface area contributed by atoms with Crippen LogP contribution in [0.15, 0.2) is 34.9 Å². The highest BCUT2D eigenvalue weighted by molar-refractivity contribution is 5.80. The highest BCUT2D eigenvalue weighted by Crippen LogP contribution is 2.32. The van der Waals surface area contributed by atoms with E-state index in [1.165, 1.54) is 11.1 Å². The second-order valence-corrected chi connectivity index (χ2v) is 10.1. The molecule has 1 atom stereocenters. The number of hydrogen-bond acceptors (Lipinski definition) is 6. The van der Waals surface area contributed by atoms with Gasteiger partial charge in [0.15, 0.2) is 12.4 Å². The van der Waals surface area contributed by atoms with Crippen molar-refractivity contribution in [2.24, 2.45) is 11.8 Å². The van der Waals surface area contributed by atoms with Crippen LogP contribution in [0.1, 0.15) is 63.3 Å². The molecule has 1 aromatic heterocycles. The van der Waals surface area contributed by atoms with Gasteiger partial charge in [-0.05, 0) is 55.4 Å². The number of aromatic hydroxyl groups is 1. The molecule has 1 aromatic carbocycles. The molecule has 0 bridgehead atoms. The van der Waals surface area contributed by atoms with Gasteiger partial charge >= 0.3 is 6.01 Å². The van der Waals surface area contributed by atoms with Gasteiger partial charge in [0.1, 0.15) is 0 Å². The van der Waals surface area contributed by atoms with Gasteiger partial charge in [-0.3, -0.25) is 4.79 Å². The van der Waals surface area contributed by atoms with Crippen molar-refractivity contribution in [3.63, 3.8) is 0 Å². The zero-order valence-corrected chi connectivity index (χ0v) is 21.2. The van der Waals surface area contributed by atoms with Crippen LogP contribution in [0.3, 0.4) is 0 Å². The van der Waals surface area contributed by atoms with Crippen molar-refractivity contribution in [2.75, 3.05) is 44.8 Å². The van der Waals surface area contributed by atoms with Crippen LogP contribution >= 0.6 is 0 Å². The molecule has 190 valence electrons. The van der Waals surface area contributed by atoms with E-state index in [0.717, 1.165) is 63.4 Å². The van der Waals surface area contributed by atoms with Gasteiger partial charge in [-0.25, -0.2) is 0 Å². The van der Waals surface area contributed by atoms with Crippen LogP contribution in [0.2, 0.25) is 0 Å². The number of hydrogen-bond donors (Lipinski definition) is 1. The third kappa shape index (κ3) is 6.42. The number of likely N-dealkylation sites (N-methyl/N-ethyl adjacent to an activating group) is 1. The van der Waals surface area contributed by atoms with E-state index in [4.69, 9.17) is 14.4 Å². The summed E-state index contributed by atoms with van der Waals surface area (Å²) >= 11 is 0. The number of nitrogens with zero attached hydrogens (tertiary/aromatic N) is 4. The number of anilines is 1.